The molecule has 12 nitrogen and oxygen atoms in total. The maximum atomic E-state index is 13.0. The van der Waals surface area contributed by atoms with E-state index in [4.69, 9.17) is 18.9 Å². The van der Waals surface area contributed by atoms with E-state index < -0.39 is 48.0 Å². The number of hydrogen-bond donors (Lipinski definition) is 1. The van der Waals surface area contributed by atoms with Crippen LogP contribution in [0.5, 0.6) is 0 Å². The number of aromatic nitrogens is 4. The summed E-state index contributed by atoms with van der Waals surface area (Å²) in [6.45, 7) is 0.875. The number of nitrogens with zero attached hydrogens (tertiary/aromatic N) is 3. The standard InChI is InChI=1S/C26H22N4O8/c1-15(31)36-21-20(38-26(34)17-10-6-3-7-11-17)18(12-35-25(33)16-8-4-2-5-9-16)37-24(21)30-14-29-19-22(30)27-13-28-23(19)32/h2-11,13-14,18,20-21,24H,12H2,1H3,(H,27,28,32)/t18-,20-,21-,24-/m1/s1/i12+1,18+1,20+1,21+1,24+1. The number of carbonyl (C=O) groups is 3. The second kappa shape index (κ2) is 10.6. The fourth-order valence-corrected chi connectivity index (χ4v) is 4.16. The molecule has 0 bridgehead atoms. The first-order valence-corrected chi connectivity index (χ1v) is 11.6. The lowest BCUT2D eigenvalue weighted by atomic mass is 10.2. The first kappa shape index (κ1) is 24.8. The summed E-state index contributed by atoms with van der Waals surface area (Å²) >= 11 is 0. The van der Waals surface area contributed by atoms with Gasteiger partial charge in [0.15, 0.2) is 29.6 Å². The summed E-state index contributed by atoms with van der Waals surface area (Å²) in [7, 11) is 0. The summed E-state index contributed by atoms with van der Waals surface area (Å²) < 4.78 is 24.3. The molecule has 12 heteroatoms. The van der Waals surface area contributed by atoms with Crippen LogP contribution in [-0.2, 0) is 23.7 Å². The number of aromatic amines is 1. The Morgan fingerprint density at radius 1 is 0.921 bits per heavy atom. The molecule has 0 radical (unpaired) electrons. The number of esters is 3. The van der Waals surface area contributed by atoms with Crippen LogP contribution in [0.2, 0.25) is 0 Å². The second-order valence-corrected chi connectivity index (χ2v) is 8.40. The molecule has 4 aromatic rings. The number of benzene rings is 2. The average Bonchev–Trinajstić information content (AvgIpc) is 3.50. The van der Waals surface area contributed by atoms with Crippen molar-refractivity contribution in [3.63, 3.8) is 0 Å². The van der Waals surface area contributed by atoms with E-state index in [0.29, 0.717) is 5.56 Å². The zero-order valence-electron chi connectivity index (χ0n) is 20.1. The van der Waals surface area contributed by atoms with E-state index in [0.717, 1.165) is 0 Å². The van der Waals surface area contributed by atoms with Gasteiger partial charge in [0.1, 0.15) is 12.7 Å². The summed E-state index contributed by atoms with van der Waals surface area (Å²) in [6.07, 6.45) is -2.00. The summed E-state index contributed by atoms with van der Waals surface area (Å²) in [6, 6.07) is 16.6. The van der Waals surface area contributed by atoms with Crippen molar-refractivity contribution < 1.29 is 33.3 Å². The minimum Gasteiger partial charge on any atom is -0.459 e. The molecular weight excluding hydrogens is 501 g/mol. The highest BCUT2D eigenvalue weighted by Crippen LogP contribution is 2.36. The van der Waals surface area contributed by atoms with Crippen molar-refractivity contribution in [2.45, 2.75) is 31.5 Å². The number of fused-ring (bicyclic) bond motifs is 1. The van der Waals surface area contributed by atoms with E-state index in [-0.39, 0.29) is 23.3 Å². The van der Waals surface area contributed by atoms with Gasteiger partial charge in [0.05, 0.1) is 23.8 Å². The van der Waals surface area contributed by atoms with E-state index in [1.807, 2.05) is 0 Å². The van der Waals surface area contributed by atoms with E-state index >= 15 is 0 Å². The molecular formula is C26H22N4O8. The molecule has 4 atom stereocenters. The van der Waals surface area contributed by atoms with E-state index in [9.17, 15) is 19.2 Å². The third-order valence-corrected chi connectivity index (χ3v) is 5.87. The van der Waals surface area contributed by atoms with Crippen LogP contribution in [0.25, 0.3) is 11.2 Å². The third kappa shape index (κ3) is 5.02. The highest BCUT2D eigenvalue weighted by Gasteiger charge is 2.51. The predicted molar refractivity (Wildman–Crippen MR) is 130 cm³/mol. The number of imidazole rings is 1. The first-order chi connectivity index (χ1) is 18.4. The zero-order valence-corrected chi connectivity index (χ0v) is 20.1. The van der Waals surface area contributed by atoms with Gasteiger partial charge in [-0.15, -0.1) is 0 Å². The van der Waals surface area contributed by atoms with Gasteiger partial charge in [-0.2, -0.15) is 0 Å². The lowest BCUT2D eigenvalue weighted by Crippen LogP contribution is -2.41. The van der Waals surface area contributed by atoms with Crippen molar-refractivity contribution in [3.8, 4) is 0 Å². The van der Waals surface area contributed by atoms with Crippen LogP contribution in [-0.4, -0.2) is 62.3 Å². The molecule has 3 heterocycles. The number of rotatable bonds is 7. The first-order valence-electron chi connectivity index (χ1n) is 11.6. The van der Waals surface area contributed by atoms with Crippen molar-refractivity contribution in [2.75, 3.05) is 6.61 Å². The normalized spacial score (nSPS) is 20.7. The molecule has 1 aliphatic heterocycles. The van der Waals surface area contributed by atoms with E-state index in [2.05, 4.69) is 15.0 Å². The molecule has 38 heavy (non-hydrogen) atoms. The Morgan fingerprint density at radius 2 is 1.58 bits per heavy atom. The summed E-state index contributed by atoms with van der Waals surface area (Å²) in [4.78, 5) is 60.6. The van der Waals surface area contributed by atoms with Crippen LogP contribution >= 0.6 is 0 Å². The van der Waals surface area contributed by atoms with Crippen molar-refractivity contribution in [3.05, 3.63) is 94.8 Å². The monoisotopic (exact) mass is 523 g/mol. The Bertz CT molecular complexity index is 1520. The quantitative estimate of drug-likeness (QED) is 0.216. The highest BCUT2D eigenvalue weighted by atomic mass is 16.8. The van der Waals surface area contributed by atoms with Crippen molar-refractivity contribution in [1.82, 2.24) is 19.5 Å². The van der Waals surface area contributed by atoms with Gasteiger partial charge in [0.25, 0.3) is 5.56 Å². The number of carbonyl (C=O) groups excluding carboxylic acids is 3. The van der Waals surface area contributed by atoms with E-state index in [1.54, 1.807) is 60.7 Å². The largest absolute Gasteiger partial charge is 0.459 e. The lowest BCUT2D eigenvalue weighted by Gasteiger charge is -2.24. The fraction of sp³-hybridized carbons (Fsp3) is 0.231. The molecule has 0 saturated carbocycles. The Morgan fingerprint density at radius 3 is 2.24 bits per heavy atom. The molecule has 0 aliphatic carbocycles. The Hall–Kier alpha value is -4.84. The molecule has 1 fully saturated rings. The molecule has 2 aromatic heterocycles. The van der Waals surface area contributed by atoms with Crippen molar-refractivity contribution in [2.24, 2.45) is 0 Å². The van der Waals surface area contributed by atoms with Crippen LogP contribution < -0.4 is 5.56 Å². The number of hydrogen-bond acceptors (Lipinski definition) is 10. The Kier molecular flexibility index (Phi) is 6.96. The summed E-state index contributed by atoms with van der Waals surface area (Å²) in [5.41, 5.74) is 0.302. The summed E-state index contributed by atoms with van der Waals surface area (Å²) in [5, 5.41) is 0. The molecule has 5 rings (SSSR count). The Labute approximate surface area is 215 Å². The van der Waals surface area contributed by atoms with Gasteiger partial charge < -0.3 is 23.9 Å². The van der Waals surface area contributed by atoms with Crippen LogP contribution in [0.3, 0.4) is 0 Å². The highest BCUT2D eigenvalue weighted by molar-refractivity contribution is 5.90. The van der Waals surface area contributed by atoms with Gasteiger partial charge in [-0.05, 0) is 24.3 Å². The second-order valence-electron chi connectivity index (χ2n) is 8.40. The van der Waals surface area contributed by atoms with Crippen LogP contribution in [0.15, 0.2) is 78.1 Å². The van der Waals surface area contributed by atoms with Gasteiger partial charge in [-0.25, -0.2) is 19.6 Å². The Balaban J connectivity index is 1.48. The average molecular weight is 523 g/mol. The number of nitrogens with one attached hydrogen (secondary N) is 1. The fourth-order valence-electron chi connectivity index (χ4n) is 4.16. The molecule has 1 saturated heterocycles. The topological polar surface area (TPSA) is 152 Å². The maximum absolute atomic E-state index is 13.0. The zero-order chi connectivity index (χ0) is 26.6. The van der Waals surface area contributed by atoms with Gasteiger partial charge in [0, 0.05) is 6.92 Å². The van der Waals surface area contributed by atoms with Crippen LogP contribution in [0, 0.1) is 0 Å². The van der Waals surface area contributed by atoms with Gasteiger partial charge in [-0.1, -0.05) is 36.4 Å². The minimum atomic E-state index is -1.18. The third-order valence-electron chi connectivity index (χ3n) is 5.87. The van der Waals surface area contributed by atoms with Gasteiger partial charge in [-0.3, -0.25) is 14.2 Å². The molecule has 0 unspecified atom stereocenters. The molecule has 194 valence electrons. The van der Waals surface area contributed by atoms with Crippen LogP contribution in [0.1, 0.15) is 33.9 Å². The molecule has 2 aromatic carbocycles. The van der Waals surface area contributed by atoms with Crippen molar-refractivity contribution >= 4 is 29.1 Å². The number of ether oxygens (including phenoxy) is 4. The predicted octanol–water partition coefficient (Wildman–Crippen LogP) is 2.03. The smallest absolute Gasteiger partial charge is 0.338 e. The lowest BCUT2D eigenvalue weighted by molar-refractivity contribution is -0.156. The summed E-state index contributed by atoms with van der Waals surface area (Å²) in [5.74, 6) is -1.97. The molecule has 0 spiro atoms. The minimum absolute atomic E-state index is 0.0365. The van der Waals surface area contributed by atoms with Gasteiger partial charge >= 0.3 is 17.9 Å². The van der Waals surface area contributed by atoms with Gasteiger partial charge in [0.2, 0.25) is 0 Å². The SMILES string of the molecule is CC(=O)O[13C@@H]1[13C@H](OC(=O)c2ccccc2)[13C@@H]([13CH2]OC(=O)c2ccccc2)O[13C@H]1n1cnc2c(=O)[nH]cnc21. The van der Waals surface area contributed by atoms with Crippen LogP contribution in [0.4, 0.5) is 0 Å². The number of H-pyrrole nitrogens is 1. The molecule has 1 N–H and O–H groups in total. The molecule has 1 aliphatic rings. The van der Waals surface area contributed by atoms with Crippen molar-refractivity contribution in [1.29, 1.82) is 0 Å². The maximum Gasteiger partial charge on any atom is 0.338 e. The molecule has 0 amide bonds. The van der Waals surface area contributed by atoms with E-state index in [1.165, 1.54) is 24.1 Å².